The lowest BCUT2D eigenvalue weighted by Gasteiger charge is -2.56. The normalized spacial score (nSPS) is 33.3. The van der Waals surface area contributed by atoms with Crippen molar-refractivity contribution in [3.05, 3.63) is 23.8 Å². The Bertz CT molecular complexity index is 582. The van der Waals surface area contributed by atoms with Crippen molar-refractivity contribution in [2.45, 2.75) is 38.5 Å². The van der Waals surface area contributed by atoms with Gasteiger partial charge in [-0.05, 0) is 73.8 Å². The molecule has 0 radical (unpaired) electrons. The molecule has 24 heavy (non-hydrogen) atoms. The third-order valence-electron chi connectivity index (χ3n) is 6.40. The topological polar surface area (TPSA) is 47.6 Å². The summed E-state index contributed by atoms with van der Waals surface area (Å²) in [5.41, 5.74) is 0.962. The van der Waals surface area contributed by atoms with Crippen molar-refractivity contribution in [1.29, 1.82) is 0 Å². The van der Waals surface area contributed by atoms with Gasteiger partial charge >= 0.3 is 0 Å². The molecule has 0 spiro atoms. The van der Waals surface area contributed by atoms with Crippen LogP contribution < -0.4 is 14.8 Å². The third-order valence-corrected chi connectivity index (χ3v) is 6.40. The zero-order chi connectivity index (χ0) is 16.7. The number of nitrogens with one attached hydrogen (secondary N) is 1. The second-order valence-electron chi connectivity index (χ2n) is 8.20. The van der Waals surface area contributed by atoms with Gasteiger partial charge in [0.05, 0.1) is 14.2 Å². The summed E-state index contributed by atoms with van der Waals surface area (Å²) in [7, 11) is 3.21. The Morgan fingerprint density at radius 1 is 1.00 bits per heavy atom. The van der Waals surface area contributed by atoms with Crippen molar-refractivity contribution >= 4 is 5.91 Å². The van der Waals surface area contributed by atoms with Gasteiger partial charge in [-0.25, -0.2) is 0 Å². The predicted octanol–water partition coefficient (Wildman–Crippen LogP) is 3.65. The number of rotatable bonds is 5. The minimum absolute atomic E-state index is 0.0251. The molecule has 0 unspecified atom stereocenters. The first-order valence-electron chi connectivity index (χ1n) is 9.10. The van der Waals surface area contributed by atoms with Crippen LogP contribution in [0.1, 0.15) is 48.9 Å². The molecule has 4 nitrogen and oxygen atoms in total. The molecule has 130 valence electrons. The Hall–Kier alpha value is -1.71. The van der Waals surface area contributed by atoms with Crippen LogP contribution >= 0.6 is 0 Å². The van der Waals surface area contributed by atoms with Gasteiger partial charge < -0.3 is 14.8 Å². The number of hydrogen-bond donors (Lipinski definition) is 1. The molecule has 4 saturated carbocycles. The van der Waals surface area contributed by atoms with Gasteiger partial charge in [-0.3, -0.25) is 4.79 Å². The standard InChI is InChI=1S/C20H27NO3/c1-23-17-6-16(7-18(8-17)24-2)19(22)21-12-20-9-13-3-14(10-20)5-15(4-13)11-20/h6-8,13-15H,3-5,9-12H2,1-2H3,(H,21,22). The van der Waals surface area contributed by atoms with Gasteiger partial charge in [-0.1, -0.05) is 0 Å². The van der Waals surface area contributed by atoms with E-state index in [1.807, 2.05) is 0 Å². The highest BCUT2D eigenvalue weighted by Gasteiger charge is 2.50. The summed E-state index contributed by atoms with van der Waals surface area (Å²) in [6, 6.07) is 5.34. The molecule has 0 atom stereocenters. The summed E-state index contributed by atoms with van der Waals surface area (Å²) in [6.45, 7) is 0.814. The van der Waals surface area contributed by atoms with Gasteiger partial charge in [-0.2, -0.15) is 0 Å². The Balaban J connectivity index is 1.45. The Morgan fingerprint density at radius 2 is 1.50 bits per heavy atom. The fraction of sp³-hybridized carbons (Fsp3) is 0.650. The van der Waals surface area contributed by atoms with E-state index in [0.29, 0.717) is 22.5 Å². The van der Waals surface area contributed by atoms with Crippen LogP contribution in [0.4, 0.5) is 0 Å². The second-order valence-corrected chi connectivity index (χ2v) is 8.20. The molecule has 4 bridgehead atoms. The molecule has 0 aliphatic heterocycles. The molecule has 1 aromatic rings. The summed E-state index contributed by atoms with van der Waals surface area (Å²) in [5.74, 6) is 3.99. The summed E-state index contributed by atoms with van der Waals surface area (Å²) < 4.78 is 10.5. The van der Waals surface area contributed by atoms with E-state index in [0.717, 1.165) is 24.3 Å². The third kappa shape index (κ3) is 2.87. The first kappa shape index (κ1) is 15.8. The van der Waals surface area contributed by atoms with Crippen LogP contribution in [-0.4, -0.2) is 26.7 Å². The molecule has 1 aromatic carbocycles. The lowest BCUT2D eigenvalue weighted by Crippen LogP contribution is -2.51. The van der Waals surface area contributed by atoms with E-state index in [2.05, 4.69) is 5.32 Å². The molecule has 0 aromatic heterocycles. The lowest BCUT2D eigenvalue weighted by atomic mass is 9.49. The smallest absolute Gasteiger partial charge is 0.251 e. The number of methoxy groups -OCH3 is 2. The van der Waals surface area contributed by atoms with Gasteiger partial charge in [0, 0.05) is 18.2 Å². The number of carbonyl (C=O) groups excluding carboxylic acids is 1. The van der Waals surface area contributed by atoms with Crippen molar-refractivity contribution < 1.29 is 14.3 Å². The fourth-order valence-corrected chi connectivity index (χ4v) is 5.81. The van der Waals surface area contributed by atoms with E-state index in [4.69, 9.17) is 9.47 Å². The van der Waals surface area contributed by atoms with Crippen LogP contribution in [0.2, 0.25) is 0 Å². The van der Waals surface area contributed by atoms with Crippen LogP contribution in [0.3, 0.4) is 0 Å². The Kier molecular flexibility index (Phi) is 3.93. The number of carbonyl (C=O) groups is 1. The van der Waals surface area contributed by atoms with Crippen molar-refractivity contribution in [3.63, 3.8) is 0 Å². The number of ether oxygens (including phenoxy) is 2. The van der Waals surface area contributed by atoms with Crippen molar-refractivity contribution in [2.24, 2.45) is 23.2 Å². The van der Waals surface area contributed by atoms with Crippen molar-refractivity contribution in [1.82, 2.24) is 5.32 Å². The molecule has 1 N–H and O–H groups in total. The average molecular weight is 329 g/mol. The molecule has 4 aliphatic rings. The molecule has 0 saturated heterocycles. The number of amides is 1. The Morgan fingerprint density at radius 3 is 1.96 bits per heavy atom. The maximum absolute atomic E-state index is 12.7. The van der Waals surface area contributed by atoms with E-state index >= 15 is 0 Å². The SMILES string of the molecule is COc1cc(OC)cc(C(=O)NCC23CC4CC(CC(C4)C2)C3)c1. The molecule has 4 heteroatoms. The summed E-state index contributed by atoms with van der Waals surface area (Å²) in [4.78, 5) is 12.7. The highest BCUT2D eigenvalue weighted by atomic mass is 16.5. The fourth-order valence-electron chi connectivity index (χ4n) is 5.81. The van der Waals surface area contributed by atoms with E-state index in [1.165, 1.54) is 38.5 Å². The first-order chi connectivity index (χ1) is 11.6. The maximum atomic E-state index is 12.7. The average Bonchev–Trinajstić information content (AvgIpc) is 2.58. The Labute approximate surface area is 143 Å². The van der Waals surface area contributed by atoms with E-state index in [1.54, 1.807) is 32.4 Å². The van der Waals surface area contributed by atoms with Gasteiger partial charge in [0.2, 0.25) is 0 Å². The quantitative estimate of drug-likeness (QED) is 0.897. The number of benzene rings is 1. The highest BCUT2D eigenvalue weighted by molar-refractivity contribution is 5.95. The molecular formula is C20H27NO3. The summed E-state index contributed by atoms with van der Waals surface area (Å²) >= 11 is 0. The van der Waals surface area contributed by atoms with Crippen LogP contribution in [0.15, 0.2) is 18.2 Å². The van der Waals surface area contributed by atoms with Crippen LogP contribution in [0.5, 0.6) is 11.5 Å². The van der Waals surface area contributed by atoms with Gasteiger partial charge in [0.15, 0.2) is 0 Å². The zero-order valence-corrected chi connectivity index (χ0v) is 14.6. The second kappa shape index (κ2) is 5.98. The highest BCUT2D eigenvalue weighted by Crippen LogP contribution is 2.59. The maximum Gasteiger partial charge on any atom is 0.251 e. The van der Waals surface area contributed by atoms with Crippen molar-refractivity contribution in [2.75, 3.05) is 20.8 Å². The van der Waals surface area contributed by atoms with Gasteiger partial charge in [0.25, 0.3) is 5.91 Å². The molecule has 1 amide bonds. The predicted molar refractivity (Wildman–Crippen MR) is 92.5 cm³/mol. The lowest BCUT2D eigenvalue weighted by molar-refractivity contribution is -0.0503. The van der Waals surface area contributed by atoms with Crippen LogP contribution in [0, 0.1) is 23.2 Å². The van der Waals surface area contributed by atoms with Crippen LogP contribution in [0.25, 0.3) is 0 Å². The van der Waals surface area contributed by atoms with E-state index in [-0.39, 0.29) is 5.91 Å². The molecular weight excluding hydrogens is 302 g/mol. The van der Waals surface area contributed by atoms with E-state index in [9.17, 15) is 4.79 Å². The molecule has 0 heterocycles. The van der Waals surface area contributed by atoms with Gasteiger partial charge in [-0.15, -0.1) is 0 Å². The largest absolute Gasteiger partial charge is 0.497 e. The summed E-state index contributed by atoms with van der Waals surface area (Å²) in [5, 5.41) is 3.21. The molecule has 5 rings (SSSR count). The van der Waals surface area contributed by atoms with E-state index < -0.39 is 0 Å². The number of hydrogen-bond acceptors (Lipinski definition) is 3. The molecule has 4 fully saturated rings. The monoisotopic (exact) mass is 329 g/mol. The van der Waals surface area contributed by atoms with Crippen LogP contribution in [-0.2, 0) is 0 Å². The zero-order valence-electron chi connectivity index (χ0n) is 14.6. The summed E-state index contributed by atoms with van der Waals surface area (Å²) in [6.07, 6.45) is 8.21. The minimum atomic E-state index is -0.0251. The van der Waals surface area contributed by atoms with Crippen molar-refractivity contribution in [3.8, 4) is 11.5 Å². The van der Waals surface area contributed by atoms with Gasteiger partial charge in [0.1, 0.15) is 11.5 Å². The molecule has 4 aliphatic carbocycles. The first-order valence-corrected chi connectivity index (χ1v) is 9.10. The minimum Gasteiger partial charge on any atom is -0.497 e.